The molecule has 7 nitrogen and oxygen atoms in total. The molecule has 0 aliphatic heterocycles. The number of aliphatic carboxylic acids is 1. The van der Waals surface area contributed by atoms with Crippen LogP contribution in [0.3, 0.4) is 0 Å². The zero-order valence-electron chi connectivity index (χ0n) is 8.30. The van der Waals surface area contributed by atoms with Gasteiger partial charge in [-0.05, 0) is 12.8 Å². The van der Waals surface area contributed by atoms with Crippen molar-refractivity contribution in [2.75, 3.05) is 6.54 Å². The standard InChI is InChI=1S/C8H11N3O4S/c12-7(13)8(1-2-8)5-11-16(14,15)6-3-9-10-4-6/h3-4,11H,1-2,5H2,(H,9,10)(H,12,13). The Morgan fingerprint density at radius 2 is 2.31 bits per heavy atom. The maximum Gasteiger partial charge on any atom is 0.310 e. The van der Waals surface area contributed by atoms with Gasteiger partial charge in [-0.3, -0.25) is 9.89 Å². The van der Waals surface area contributed by atoms with Crippen molar-refractivity contribution in [2.24, 2.45) is 5.41 Å². The fourth-order valence-corrected chi connectivity index (χ4v) is 2.35. The lowest BCUT2D eigenvalue weighted by Crippen LogP contribution is -2.34. The highest BCUT2D eigenvalue weighted by Crippen LogP contribution is 2.45. The van der Waals surface area contributed by atoms with E-state index in [1.165, 1.54) is 12.4 Å². The van der Waals surface area contributed by atoms with Crippen LogP contribution in [-0.4, -0.2) is 36.2 Å². The molecule has 1 aliphatic carbocycles. The van der Waals surface area contributed by atoms with Gasteiger partial charge in [0, 0.05) is 12.7 Å². The zero-order chi connectivity index (χ0) is 11.8. The van der Waals surface area contributed by atoms with Crippen LogP contribution in [0.5, 0.6) is 0 Å². The number of carboxylic acids is 1. The predicted molar refractivity (Wildman–Crippen MR) is 53.1 cm³/mol. The summed E-state index contributed by atoms with van der Waals surface area (Å²) in [7, 11) is -3.65. The molecule has 1 saturated carbocycles. The Morgan fingerprint density at radius 3 is 2.75 bits per heavy atom. The Bertz CT molecular complexity index is 489. The van der Waals surface area contributed by atoms with Crippen molar-refractivity contribution in [3.05, 3.63) is 12.4 Å². The van der Waals surface area contributed by atoms with Crippen LogP contribution < -0.4 is 4.72 Å². The van der Waals surface area contributed by atoms with Gasteiger partial charge in [-0.1, -0.05) is 0 Å². The van der Waals surface area contributed by atoms with Crippen LogP contribution >= 0.6 is 0 Å². The smallest absolute Gasteiger partial charge is 0.310 e. The zero-order valence-corrected chi connectivity index (χ0v) is 9.12. The molecule has 0 radical (unpaired) electrons. The fourth-order valence-electron chi connectivity index (χ4n) is 1.32. The largest absolute Gasteiger partial charge is 0.481 e. The second-order valence-electron chi connectivity index (χ2n) is 3.84. The number of hydrogen-bond acceptors (Lipinski definition) is 4. The number of aromatic amines is 1. The minimum Gasteiger partial charge on any atom is -0.481 e. The summed E-state index contributed by atoms with van der Waals surface area (Å²) in [5, 5.41) is 14.8. The third-order valence-corrected chi connectivity index (χ3v) is 4.06. The molecule has 2 rings (SSSR count). The van der Waals surface area contributed by atoms with Crippen LogP contribution in [0.1, 0.15) is 12.8 Å². The van der Waals surface area contributed by atoms with Crippen LogP contribution in [0.2, 0.25) is 0 Å². The topological polar surface area (TPSA) is 112 Å². The van der Waals surface area contributed by atoms with E-state index in [1.807, 2.05) is 0 Å². The quantitative estimate of drug-likeness (QED) is 0.650. The highest BCUT2D eigenvalue weighted by molar-refractivity contribution is 7.89. The monoisotopic (exact) mass is 245 g/mol. The van der Waals surface area contributed by atoms with E-state index in [-0.39, 0.29) is 11.4 Å². The van der Waals surface area contributed by atoms with Gasteiger partial charge >= 0.3 is 5.97 Å². The number of carboxylic acid groups (broad SMARTS) is 1. The van der Waals surface area contributed by atoms with Crippen LogP contribution in [0.4, 0.5) is 0 Å². The third-order valence-electron chi connectivity index (χ3n) is 2.69. The molecule has 0 spiro atoms. The van der Waals surface area contributed by atoms with Crippen molar-refractivity contribution in [1.82, 2.24) is 14.9 Å². The summed E-state index contributed by atoms with van der Waals surface area (Å²) in [6.07, 6.45) is 3.43. The SMILES string of the molecule is O=C(O)C1(CNS(=O)(=O)c2cn[nH]c2)CC1. The second kappa shape index (κ2) is 3.56. The van der Waals surface area contributed by atoms with Crippen molar-refractivity contribution >= 4 is 16.0 Å². The highest BCUT2D eigenvalue weighted by Gasteiger charge is 2.50. The van der Waals surface area contributed by atoms with Crippen LogP contribution in [-0.2, 0) is 14.8 Å². The normalized spacial score (nSPS) is 18.2. The summed E-state index contributed by atoms with van der Waals surface area (Å²) in [6, 6.07) is 0. The Balaban J connectivity index is 2.04. The minimum absolute atomic E-state index is 0.00805. The van der Waals surface area contributed by atoms with Crippen molar-refractivity contribution in [3.8, 4) is 0 Å². The first kappa shape index (κ1) is 11.1. The molecule has 0 amide bonds. The minimum atomic E-state index is -3.65. The van der Waals surface area contributed by atoms with Gasteiger partial charge in [0.25, 0.3) is 0 Å². The Labute approximate surface area is 91.9 Å². The number of carbonyl (C=O) groups is 1. The lowest BCUT2D eigenvalue weighted by atomic mass is 10.1. The predicted octanol–water partition coefficient (Wildman–Crippen LogP) is -0.447. The molecule has 3 N–H and O–H groups in total. The molecule has 0 atom stereocenters. The maximum atomic E-state index is 11.6. The number of hydrogen-bond donors (Lipinski definition) is 3. The molecule has 0 saturated heterocycles. The van der Waals surface area contributed by atoms with E-state index < -0.39 is 21.4 Å². The number of aromatic nitrogens is 2. The van der Waals surface area contributed by atoms with Crippen LogP contribution in [0.15, 0.2) is 17.3 Å². The lowest BCUT2D eigenvalue weighted by Gasteiger charge is -2.10. The first-order valence-corrected chi connectivity index (χ1v) is 6.16. The van der Waals surface area contributed by atoms with E-state index in [1.54, 1.807) is 0 Å². The summed E-state index contributed by atoms with van der Waals surface area (Å²) >= 11 is 0. The number of nitrogens with one attached hydrogen (secondary N) is 2. The van der Waals surface area contributed by atoms with Crippen molar-refractivity contribution < 1.29 is 18.3 Å². The summed E-state index contributed by atoms with van der Waals surface area (Å²) in [5.41, 5.74) is -0.906. The van der Waals surface area contributed by atoms with Crippen LogP contribution in [0.25, 0.3) is 0 Å². The number of nitrogens with zero attached hydrogens (tertiary/aromatic N) is 1. The van der Waals surface area contributed by atoms with E-state index in [0.29, 0.717) is 12.8 Å². The van der Waals surface area contributed by atoms with Crippen molar-refractivity contribution in [3.63, 3.8) is 0 Å². The highest BCUT2D eigenvalue weighted by atomic mass is 32.2. The summed E-state index contributed by atoms with van der Waals surface area (Å²) in [5.74, 6) is -0.956. The fraction of sp³-hybridized carbons (Fsp3) is 0.500. The number of sulfonamides is 1. The first-order valence-electron chi connectivity index (χ1n) is 4.68. The van der Waals surface area contributed by atoms with Gasteiger partial charge in [0.2, 0.25) is 10.0 Å². The van der Waals surface area contributed by atoms with E-state index in [9.17, 15) is 13.2 Å². The molecule has 0 aromatic carbocycles. The molecule has 1 aliphatic rings. The van der Waals surface area contributed by atoms with E-state index >= 15 is 0 Å². The molecule has 0 bridgehead atoms. The average molecular weight is 245 g/mol. The summed E-state index contributed by atoms with van der Waals surface area (Å²) in [4.78, 5) is 10.8. The lowest BCUT2D eigenvalue weighted by molar-refractivity contribution is -0.143. The summed E-state index contributed by atoms with van der Waals surface area (Å²) < 4.78 is 25.5. The molecular weight excluding hydrogens is 234 g/mol. The van der Waals surface area contributed by atoms with Gasteiger partial charge in [-0.25, -0.2) is 13.1 Å². The van der Waals surface area contributed by atoms with Gasteiger partial charge in [0.15, 0.2) is 0 Å². The maximum absolute atomic E-state index is 11.6. The molecule has 0 unspecified atom stereocenters. The Kier molecular flexibility index (Phi) is 2.47. The Hall–Kier alpha value is -1.41. The molecule has 8 heteroatoms. The van der Waals surface area contributed by atoms with Gasteiger partial charge in [-0.15, -0.1) is 0 Å². The number of H-pyrrole nitrogens is 1. The Morgan fingerprint density at radius 1 is 1.62 bits per heavy atom. The van der Waals surface area contributed by atoms with E-state index in [4.69, 9.17) is 5.11 Å². The molecule has 1 aromatic heterocycles. The molecule has 1 aromatic rings. The van der Waals surface area contributed by atoms with Gasteiger partial charge in [0.1, 0.15) is 4.90 Å². The molecule has 16 heavy (non-hydrogen) atoms. The van der Waals surface area contributed by atoms with Gasteiger partial charge in [-0.2, -0.15) is 5.10 Å². The molecule has 88 valence electrons. The molecular formula is C8H11N3O4S. The second-order valence-corrected chi connectivity index (χ2v) is 5.61. The number of rotatable bonds is 5. The molecule has 1 heterocycles. The first-order chi connectivity index (χ1) is 7.46. The van der Waals surface area contributed by atoms with Crippen molar-refractivity contribution in [2.45, 2.75) is 17.7 Å². The third kappa shape index (κ3) is 1.93. The van der Waals surface area contributed by atoms with Crippen molar-refractivity contribution in [1.29, 1.82) is 0 Å². The van der Waals surface area contributed by atoms with Gasteiger partial charge < -0.3 is 5.11 Å². The average Bonchev–Trinajstić information content (AvgIpc) is 2.80. The van der Waals surface area contributed by atoms with E-state index in [2.05, 4.69) is 14.9 Å². The summed E-state index contributed by atoms with van der Waals surface area (Å²) in [6.45, 7) is -0.0736. The van der Waals surface area contributed by atoms with E-state index in [0.717, 1.165) is 0 Å². The van der Waals surface area contributed by atoms with Crippen LogP contribution in [0, 0.1) is 5.41 Å². The van der Waals surface area contributed by atoms with Gasteiger partial charge in [0.05, 0.1) is 11.6 Å². The molecule has 1 fully saturated rings.